The number of aryl methyl sites for hydroxylation is 1. The van der Waals surface area contributed by atoms with Crippen LogP contribution in [0.1, 0.15) is 5.69 Å². The smallest absolute Gasteiger partial charge is 0.315 e. The van der Waals surface area contributed by atoms with Crippen LogP contribution in [0.25, 0.3) is 17.1 Å². The van der Waals surface area contributed by atoms with Gasteiger partial charge in [0.05, 0.1) is 11.1 Å². The Morgan fingerprint density at radius 3 is 2.75 bits per heavy atom. The van der Waals surface area contributed by atoms with Crippen LogP contribution in [0.15, 0.2) is 42.9 Å². The third-order valence-electron chi connectivity index (χ3n) is 3.56. The second-order valence-electron chi connectivity index (χ2n) is 5.09. The van der Waals surface area contributed by atoms with Crippen molar-refractivity contribution in [3.05, 3.63) is 63.9 Å². The van der Waals surface area contributed by atoms with E-state index >= 15 is 0 Å². The average molecular weight is 328 g/mol. The molecule has 0 aliphatic heterocycles. The van der Waals surface area contributed by atoms with Crippen molar-refractivity contribution in [1.82, 2.24) is 9.55 Å². The number of aromatic hydroxyl groups is 2. The van der Waals surface area contributed by atoms with Crippen LogP contribution in [0.2, 0.25) is 0 Å². The van der Waals surface area contributed by atoms with Crippen molar-refractivity contribution in [3.63, 3.8) is 0 Å². The number of nitro benzene ring substituents is 1. The summed E-state index contributed by atoms with van der Waals surface area (Å²) in [5, 5.41) is 42.6. The first-order valence-corrected chi connectivity index (χ1v) is 6.82. The van der Waals surface area contributed by atoms with E-state index in [2.05, 4.69) is 4.98 Å². The van der Waals surface area contributed by atoms with Crippen molar-refractivity contribution in [2.45, 2.75) is 6.92 Å². The van der Waals surface area contributed by atoms with Crippen LogP contribution < -0.4 is 4.73 Å². The van der Waals surface area contributed by atoms with E-state index in [0.29, 0.717) is 16.1 Å². The fourth-order valence-corrected chi connectivity index (χ4v) is 2.35. The normalized spacial score (nSPS) is 10.7. The highest BCUT2D eigenvalue weighted by Crippen LogP contribution is 2.39. The molecule has 1 aromatic carbocycles. The maximum atomic E-state index is 12.2. The number of benzene rings is 1. The molecule has 0 radical (unpaired) electrons. The predicted octanol–water partition coefficient (Wildman–Crippen LogP) is 1.80. The lowest BCUT2D eigenvalue weighted by Gasteiger charge is -2.12. The molecule has 2 heterocycles. The summed E-state index contributed by atoms with van der Waals surface area (Å²) in [7, 11) is 0. The summed E-state index contributed by atoms with van der Waals surface area (Å²) in [6.45, 7) is 1.64. The van der Waals surface area contributed by atoms with E-state index in [1.54, 1.807) is 25.1 Å². The summed E-state index contributed by atoms with van der Waals surface area (Å²) in [4.78, 5) is 14.2. The highest BCUT2D eigenvalue weighted by atomic mass is 16.6. The molecule has 24 heavy (non-hydrogen) atoms. The molecule has 0 bridgehead atoms. The van der Waals surface area contributed by atoms with Crippen LogP contribution in [0.5, 0.6) is 11.5 Å². The van der Waals surface area contributed by atoms with E-state index in [0.717, 1.165) is 6.07 Å². The number of pyridine rings is 1. The molecule has 0 saturated carbocycles. The number of phenolic OH excluding ortho intramolecular Hbond substituents is 2. The topological polar surface area (TPSA) is 128 Å². The molecule has 122 valence electrons. The van der Waals surface area contributed by atoms with E-state index in [4.69, 9.17) is 0 Å². The molecule has 0 spiro atoms. The van der Waals surface area contributed by atoms with Gasteiger partial charge in [-0.1, -0.05) is 6.07 Å². The maximum Gasteiger partial charge on any atom is 0.315 e. The van der Waals surface area contributed by atoms with Crippen molar-refractivity contribution < 1.29 is 19.9 Å². The summed E-state index contributed by atoms with van der Waals surface area (Å²) >= 11 is 0. The van der Waals surface area contributed by atoms with Gasteiger partial charge in [0.2, 0.25) is 5.75 Å². The van der Waals surface area contributed by atoms with Crippen molar-refractivity contribution in [2.24, 2.45) is 0 Å². The third kappa shape index (κ3) is 2.37. The summed E-state index contributed by atoms with van der Waals surface area (Å²) in [6.07, 6.45) is 2.78. The predicted molar refractivity (Wildman–Crippen MR) is 82.7 cm³/mol. The molecule has 0 aliphatic rings. The van der Waals surface area contributed by atoms with E-state index in [9.17, 15) is 25.5 Å². The quantitative estimate of drug-likeness (QED) is 0.248. The Hall–Kier alpha value is -3.62. The van der Waals surface area contributed by atoms with E-state index in [-0.39, 0.29) is 11.4 Å². The summed E-state index contributed by atoms with van der Waals surface area (Å²) in [5.74, 6) is -1.20. The van der Waals surface area contributed by atoms with Gasteiger partial charge in [-0.25, -0.2) is 9.71 Å². The molecule has 3 rings (SSSR count). The van der Waals surface area contributed by atoms with Gasteiger partial charge in [0, 0.05) is 17.7 Å². The number of aromatic nitrogens is 3. The number of hydrogen-bond acceptors (Lipinski definition) is 6. The zero-order valence-electron chi connectivity index (χ0n) is 12.4. The van der Waals surface area contributed by atoms with Gasteiger partial charge in [-0.2, -0.15) is 4.57 Å². The van der Waals surface area contributed by atoms with Gasteiger partial charge in [0.15, 0.2) is 17.8 Å². The van der Waals surface area contributed by atoms with Crippen LogP contribution in [-0.4, -0.2) is 24.7 Å². The molecule has 0 unspecified atom stereocenters. The lowest BCUT2D eigenvalue weighted by molar-refractivity contribution is -0.606. The van der Waals surface area contributed by atoms with E-state index in [1.807, 2.05) is 0 Å². The van der Waals surface area contributed by atoms with Crippen LogP contribution in [-0.2, 0) is 0 Å². The van der Waals surface area contributed by atoms with E-state index < -0.39 is 22.1 Å². The zero-order valence-corrected chi connectivity index (χ0v) is 12.4. The van der Waals surface area contributed by atoms with Crippen molar-refractivity contribution in [2.75, 3.05) is 0 Å². The zero-order chi connectivity index (χ0) is 17.4. The Bertz CT molecular complexity index is 951. The van der Waals surface area contributed by atoms with Crippen LogP contribution >= 0.6 is 0 Å². The van der Waals surface area contributed by atoms with Gasteiger partial charge in [0.1, 0.15) is 5.69 Å². The molecule has 0 amide bonds. The molecular formula is C15H12N4O5. The molecule has 0 saturated heterocycles. The van der Waals surface area contributed by atoms with Crippen molar-refractivity contribution in [3.8, 4) is 28.6 Å². The molecule has 0 aliphatic carbocycles. The van der Waals surface area contributed by atoms with Crippen LogP contribution in [0, 0.1) is 22.2 Å². The van der Waals surface area contributed by atoms with Gasteiger partial charge >= 0.3 is 5.69 Å². The fourth-order valence-electron chi connectivity index (χ4n) is 2.35. The average Bonchev–Trinajstić information content (AvgIpc) is 3.01. The third-order valence-corrected chi connectivity index (χ3v) is 3.56. The second-order valence-corrected chi connectivity index (χ2v) is 5.09. The molecule has 0 fully saturated rings. The van der Waals surface area contributed by atoms with Crippen molar-refractivity contribution in [1.29, 1.82) is 0 Å². The Kier molecular flexibility index (Phi) is 3.53. The van der Waals surface area contributed by atoms with Gasteiger partial charge in [0.25, 0.3) is 5.82 Å². The van der Waals surface area contributed by atoms with Crippen LogP contribution in [0.3, 0.4) is 0 Å². The molecular weight excluding hydrogens is 316 g/mol. The second kappa shape index (κ2) is 5.54. The first kappa shape index (κ1) is 15.3. The first-order valence-electron chi connectivity index (χ1n) is 6.82. The maximum absolute atomic E-state index is 12.2. The Balaban J connectivity index is 2.22. The number of nitro groups is 1. The minimum atomic E-state index is -0.816. The SMILES string of the molecule is Cc1cccc(-n2cncc2-c2cc(O)c(O)c([N+](=O)[O-])c2)[n+]1[O-]. The Morgan fingerprint density at radius 1 is 1.29 bits per heavy atom. The minimum Gasteiger partial charge on any atom is -0.710 e. The van der Waals surface area contributed by atoms with Crippen LogP contribution in [0.4, 0.5) is 5.69 Å². The summed E-state index contributed by atoms with van der Waals surface area (Å²) < 4.78 is 2.13. The molecule has 2 aromatic heterocycles. The Morgan fingerprint density at radius 2 is 2.04 bits per heavy atom. The largest absolute Gasteiger partial charge is 0.710 e. The fraction of sp³-hybridized carbons (Fsp3) is 0.0667. The number of phenols is 2. The number of imidazole rings is 1. The molecule has 2 N–H and O–H groups in total. The number of nitrogens with zero attached hydrogens (tertiary/aromatic N) is 4. The highest BCUT2D eigenvalue weighted by Gasteiger charge is 2.23. The minimum absolute atomic E-state index is 0.232. The number of hydrogen-bond donors (Lipinski definition) is 2. The molecule has 0 atom stereocenters. The van der Waals surface area contributed by atoms with Gasteiger partial charge in [-0.15, -0.1) is 0 Å². The number of rotatable bonds is 3. The van der Waals surface area contributed by atoms with Crippen molar-refractivity contribution >= 4 is 5.69 Å². The van der Waals surface area contributed by atoms with Gasteiger partial charge in [-0.05, 0) is 19.1 Å². The lowest BCUT2D eigenvalue weighted by atomic mass is 10.1. The highest BCUT2D eigenvalue weighted by molar-refractivity contribution is 5.71. The monoisotopic (exact) mass is 328 g/mol. The standard InChI is InChI=1S/C15H12N4O5/c1-9-3-2-4-14(18(9)22)17-8-16-7-12(17)10-5-11(19(23)24)15(21)13(20)6-10/h2-8,20-21H,1H3. The molecule has 9 heteroatoms. The Labute approximate surface area is 135 Å². The van der Waals surface area contributed by atoms with Gasteiger partial charge in [-0.3, -0.25) is 10.1 Å². The molecule has 9 nitrogen and oxygen atoms in total. The van der Waals surface area contributed by atoms with Gasteiger partial charge < -0.3 is 15.4 Å². The first-order chi connectivity index (χ1) is 11.4. The van der Waals surface area contributed by atoms with E-state index in [1.165, 1.54) is 23.2 Å². The summed E-state index contributed by atoms with van der Waals surface area (Å²) in [5.41, 5.74) is 0.406. The molecule has 3 aromatic rings. The summed E-state index contributed by atoms with van der Waals surface area (Å²) in [6, 6.07) is 7.18. The lowest BCUT2D eigenvalue weighted by Crippen LogP contribution is -2.35.